The van der Waals surface area contributed by atoms with Gasteiger partial charge in [-0.1, -0.05) is 15.9 Å². The van der Waals surface area contributed by atoms with Crippen LogP contribution in [0.4, 0.5) is 4.79 Å². The van der Waals surface area contributed by atoms with Gasteiger partial charge in [-0.15, -0.1) is 0 Å². The molecule has 1 unspecified atom stereocenters. The average Bonchev–Trinajstić information content (AvgIpc) is 2.34. The van der Waals surface area contributed by atoms with Crippen molar-refractivity contribution in [3.63, 3.8) is 0 Å². The number of nitrogens with one attached hydrogen (secondary N) is 1. The molecule has 0 heterocycles. The summed E-state index contributed by atoms with van der Waals surface area (Å²) in [5.41, 5.74) is 0.133. The Morgan fingerprint density at radius 3 is 2.60 bits per heavy atom. The fourth-order valence-electron chi connectivity index (χ4n) is 1.59. The van der Waals surface area contributed by atoms with Crippen LogP contribution in [0, 0.1) is 0 Å². The maximum absolute atomic E-state index is 11.8. The van der Waals surface area contributed by atoms with Crippen molar-refractivity contribution in [2.45, 2.75) is 32.4 Å². The van der Waals surface area contributed by atoms with E-state index in [1.807, 2.05) is 0 Å². The number of carbonyl (C=O) groups excluding carboxylic acids is 1. The first-order valence-electron chi connectivity index (χ1n) is 6.20. The van der Waals surface area contributed by atoms with Crippen LogP contribution >= 0.6 is 15.9 Å². The Morgan fingerprint density at radius 1 is 1.45 bits per heavy atom. The molecule has 0 radical (unpaired) electrons. The van der Waals surface area contributed by atoms with Gasteiger partial charge in [-0.2, -0.15) is 0 Å². The minimum atomic E-state index is -0.588. The van der Waals surface area contributed by atoms with Gasteiger partial charge < -0.3 is 19.9 Å². The number of aliphatic hydroxyl groups excluding tert-OH is 1. The Morgan fingerprint density at radius 2 is 2.10 bits per heavy atom. The van der Waals surface area contributed by atoms with Gasteiger partial charge >= 0.3 is 6.09 Å². The second-order valence-electron chi connectivity index (χ2n) is 5.27. The first-order valence-corrected chi connectivity index (χ1v) is 7.00. The largest absolute Gasteiger partial charge is 0.497 e. The molecule has 5 nitrogen and oxygen atoms in total. The highest BCUT2D eigenvalue weighted by molar-refractivity contribution is 9.10. The molecule has 0 bridgehead atoms. The maximum atomic E-state index is 11.8. The molecule has 0 fully saturated rings. The minimum Gasteiger partial charge on any atom is -0.497 e. The van der Waals surface area contributed by atoms with E-state index in [4.69, 9.17) is 9.47 Å². The molecule has 0 spiro atoms. The zero-order valence-corrected chi connectivity index (χ0v) is 13.7. The molecule has 0 aliphatic rings. The van der Waals surface area contributed by atoms with E-state index in [-0.39, 0.29) is 6.61 Å². The number of hydrogen-bond acceptors (Lipinski definition) is 4. The van der Waals surface area contributed by atoms with Crippen LogP contribution in [0.1, 0.15) is 32.4 Å². The summed E-state index contributed by atoms with van der Waals surface area (Å²) in [7, 11) is 1.56. The molecule has 1 amide bonds. The predicted octanol–water partition coefficient (Wildman–Crippen LogP) is 3.02. The zero-order valence-electron chi connectivity index (χ0n) is 12.1. The molecule has 0 aromatic heterocycles. The SMILES string of the molecule is COc1ccc(Br)c(C(CO)NC(=O)OC(C)(C)C)c1. The lowest BCUT2D eigenvalue weighted by atomic mass is 10.1. The molecule has 0 saturated carbocycles. The molecule has 0 aliphatic heterocycles. The number of hydrogen-bond donors (Lipinski definition) is 2. The molecule has 1 atom stereocenters. The lowest BCUT2D eigenvalue weighted by molar-refractivity contribution is 0.0481. The minimum absolute atomic E-state index is 0.245. The fourth-order valence-corrected chi connectivity index (χ4v) is 2.11. The Bertz CT molecular complexity index is 471. The Labute approximate surface area is 127 Å². The van der Waals surface area contributed by atoms with Gasteiger partial charge in [0, 0.05) is 4.47 Å². The van der Waals surface area contributed by atoms with Gasteiger partial charge in [-0.05, 0) is 44.5 Å². The van der Waals surface area contributed by atoms with E-state index >= 15 is 0 Å². The summed E-state index contributed by atoms with van der Waals surface area (Å²) in [6.45, 7) is 5.09. The van der Waals surface area contributed by atoms with E-state index in [2.05, 4.69) is 21.2 Å². The molecular formula is C14H20BrNO4. The van der Waals surface area contributed by atoms with Crippen molar-refractivity contribution in [3.05, 3.63) is 28.2 Å². The van der Waals surface area contributed by atoms with Crippen LogP contribution in [-0.4, -0.2) is 30.5 Å². The molecule has 2 N–H and O–H groups in total. The number of methoxy groups -OCH3 is 1. The number of carbonyl (C=O) groups is 1. The summed E-state index contributed by atoms with van der Waals surface area (Å²) in [6, 6.07) is 4.76. The summed E-state index contributed by atoms with van der Waals surface area (Å²) < 4.78 is 11.1. The number of alkyl carbamates (subject to hydrolysis) is 1. The van der Waals surface area contributed by atoms with E-state index in [9.17, 15) is 9.90 Å². The molecule has 1 rings (SSSR count). The van der Waals surface area contributed by atoms with E-state index in [0.29, 0.717) is 5.75 Å². The second kappa shape index (κ2) is 6.95. The van der Waals surface area contributed by atoms with Gasteiger partial charge in [0.1, 0.15) is 11.4 Å². The molecule has 6 heteroatoms. The lowest BCUT2D eigenvalue weighted by Gasteiger charge is -2.23. The van der Waals surface area contributed by atoms with Gasteiger partial charge in [-0.25, -0.2) is 4.79 Å². The molecule has 112 valence electrons. The van der Waals surface area contributed by atoms with Crippen molar-refractivity contribution in [2.75, 3.05) is 13.7 Å². The maximum Gasteiger partial charge on any atom is 0.408 e. The number of halogens is 1. The number of rotatable bonds is 4. The normalized spacial score (nSPS) is 12.7. The van der Waals surface area contributed by atoms with Gasteiger partial charge in [0.25, 0.3) is 0 Å². The fraction of sp³-hybridized carbons (Fsp3) is 0.500. The van der Waals surface area contributed by atoms with Crippen molar-refractivity contribution in [2.24, 2.45) is 0 Å². The molecule has 0 aliphatic carbocycles. The predicted molar refractivity (Wildman–Crippen MR) is 79.9 cm³/mol. The van der Waals surface area contributed by atoms with E-state index in [1.165, 1.54) is 0 Å². The first-order chi connectivity index (χ1) is 9.26. The smallest absolute Gasteiger partial charge is 0.408 e. The van der Waals surface area contributed by atoms with Crippen LogP contribution in [0.5, 0.6) is 5.75 Å². The van der Waals surface area contributed by atoms with Crippen molar-refractivity contribution < 1.29 is 19.4 Å². The average molecular weight is 346 g/mol. The summed E-state index contributed by atoms with van der Waals surface area (Å²) in [6.07, 6.45) is -0.578. The number of benzene rings is 1. The van der Waals surface area contributed by atoms with E-state index in [1.54, 1.807) is 46.1 Å². The first kappa shape index (κ1) is 16.8. The highest BCUT2D eigenvalue weighted by Gasteiger charge is 2.21. The van der Waals surface area contributed by atoms with Crippen LogP contribution in [0.25, 0.3) is 0 Å². The van der Waals surface area contributed by atoms with Crippen molar-refractivity contribution in [3.8, 4) is 5.75 Å². The highest BCUT2D eigenvalue weighted by Crippen LogP contribution is 2.28. The second-order valence-corrected chi connectivity index (χ2v) is 6.12. The van der Waals surface area contributed by atoms with Crippen molar-refractivity contribution in [1.29, 1.82) is 0 Å². The number of aliphatic hydroxyl groups is 1. The van der Waals surface area contributed by atoms with Crippen LogP contribution in [-0.2, 0) is 4.74 Å². The number of amides is 1. The monoisotopic (exact) mass is 345 g/mol. The van der Waals surface area contributed by atoms with Crippen molar-refractivity contribution in [1.82, 2.24) is 5.32 Å². The van der Waals surface area contributed by atoms with Crippen LogP contribution in [0.2, 0.25) is 0 Å². The quantitative estimate of drug-likeness (QED) is 0.880. The van der Waals surface area contributed by atoms with Crippen LogP contribution in [0.15, 0.2) is 22.7 Å². The number of ether oxygens (including phenoxy) is 2. The van der Waals surface area contributed by atoms with Crippen molar-refractivity contribution >= 4 is 22.0 Å². The Balaban J connectivity index is 2.88. The molecule has 20 heavy (non-hydrogen) atoms. The third kappa shape index (κ3) is 5.02. The summed E-state index contributed by atoms with van der Waals surface area (Å²) >= 11 is 3.39. The molecule has 1 aromatic rings. The third-order valence-electron chi connectivity index (χ3n) is 2.45. The zero-order chi connectivity index (χ0) is 15.3. The molecular weight excluding hydrogens is 326 g/mol. The van der Waals surface area contributed by atoms with E-state index in [0.717, 1.165) is 10.0 Å². The van der Waals surface area contributed by atoms with Gasteiger partial charge in [-0.3, -0.25) is 0 Å². The van der Waals surface area contributed by atoms with Gasteiger partial charge in [0.05, 0.1) is 19.8 Å². The summed E-state index contributed by atoms with van der Waals surface area (Å²) in [4.78, 5) is 11.8. The lowest BCUT2D eigenvalue weighted by Crippen LogP contribution is -2.36. The molecule has 0 saturated heterocycles. The topological polar surface area (TPSA) is 67.8 Å². The highest BCUT2D eigenvalue weighted by atomic mass is 79.9. The Kier molecular flexibility index (Phi) is 5.83. The van der Waals surface area contributed by atoms with E-state index < -0.39 is 17.7 Å². The van der Waals surface area contributed by atoms with Crippen LogP contribution < -0.4 is 10.1 Å². The standard InChI is InChI=1S/C14H20BrNO4/c1-14(2,3)20-13(18)16-12(8-17)10-7-9(19-4)5-6-11(10)15/h5-7,12,17H,8H2,1-4H3,(H,16,18). The van der Waals surface area contributed by atoms with Crippen LogP contribution in [0.3, 0.4) is 0 Å². The summed E-state index contributed by atoms with van der Waals surface area (Å²) in [5.74, 6) is 0.646. The third-order valence-corrected chi connectivity index (χ3v) is 3.17. The summed E-state index contributed by atoms with van der Waals surface area (Å²) in [5, 5.41) is 12.1. The molecule has 1 aromatic carbocycles. The van der Waals surface area contributed by atoms with Gasteiger partial charge in [0.2, 0.25) is 0 Å². The Hall–Kier alpha value is -1.27. The van der Waals surface area contributed by atoms with Gasteiger partial charge in [0.15, 0.2) is 0 Å².